The van der Waals surface area contributed by atoms with Crippen LogP contribution in [0.2, 0.25) is 5.02 Å². The van der Waals surface area contributed by atoms with Gasteiger partial charge in [-0.15, -0.1) is 10.2 Å². The van der Waals surface area contributed by atoms with E-state index in [0.717, 1.165) is 12.8 Å². The molecule has 0 aliphatic heterocycles. The van der Waals surface area contributed by atoms with Crippen molar-refractivity contribution >= 4 is 17.3 Å². The van der Waals surface area contributed by atoms with Crippen molar-refractivity contribution in [2.24, 2.45) is 0 Å². The Morgan fingerprint density at radius 2 is 2.22 bits per heavy atom. The minimum absolute atomic E-state index is 0.0441. The lowest BCUT2D eigenvalue weighted by Crippen LogP contribution is -2.00. The standard InChI is InChI=1S/C11H9ClN4O2/c12-8-2-1-3-9(16(17)18)10(8)11-14-13-6-15(11)7-4-5-7/h1-3,6-7H,4-5H2. The molecule has 0 saturated heterocycles. The van der Waals surface area contributed by atoms with Crippen molar-refractivity contribution in [2.45, 2.75) is 18.9 Å². The molecule has 1 aliphatic rings. The van der Waals surface area contributed by atoms with Gasteiger partial charge in [0.25, 0.3) is 5.69 Å². The Morgan fingerprint density at radius 3 is 2.89 bits per heavy atom. The molecule has 0 N–H and O–H groups in total. The van der Waals surface area contributed by atoms with Gasteiger partial charge in [0.05, 0.1) is 9.95 Å². The Balaban J connectivity index is 2.21. The van der Waals surface area contributed by atoms with Crippen LogP contribution in [0.15, 0.2) is 24.5 Å². The summed E-state index contributed by atoms with van der Waals surface area (Å²) >= 11 is 6.08. The highest BCUT2D eigenvalue weighted by Gasteiger charge is 2.30. The molecule has 0 spiro atoms. The van der Waals surface area contributed by atoms with E-state index in [4.69, 9.17) is 11.6 Å². The van der Waals surface area contributed by atoms with Crippen LogP contribution in [0.3, 0.4) is 0 Å². The second-order valence-electron chi connectivity index (χ2n) is 4.18. The van der Waals surface area contributed by atoms with E-state index in [1.807, 2.05) is 4.57 Å². The van der Waals surface area contributed by atoms with Gasteiger partial charge in [-0.1, -0.05) is 17.7 Å². The number of halogens is 1. The number of nitro groups is 1. The summed E-state index contributed by atoms with van der Waals surface area (Å²) in [7, 11) is 0. The molecule has 7 heteroatoms. The molecule has 0 bridgehead atoms. The maximum Gasteiger partial charge on any atom is 0.281 e. The van der Waals surface area contributed by atoms with Crippen molar-refractivity contribution < 1.29 is 4.92 Å². The molecule has 0 amide bonds. The Morgan fingerprint density at radius 1 is 1.44 bits per heavy atom. The van der Waals surface area contributed by atoms with Crippen molar-refractivity contribution in [2.75, 3.05) is 0 Å². The third-order valence-corrected chi connectivity index (χ3v) is 3.24. The number of nitro benzene ring substituents is 1. The van der Waals surface area contributed by atoms with Crippen LogP contribution >= 0.6 is 11.6 Å². The number of aromatic nitrogens is 3. The van der Waals surface area contributed by atoms with Gasteiger partial charge < -0.3 is 4.57 Å². The average molecular weight is 265 g/mol. The van der Waals surface area contributed by atoms with Gasteiger partial charge in [0.2, 0.25) is 0 Å². The number of benzene rings is 1. The largest absolute Gasteiger partial charge is 0.310 e. The van der Waals surface area contributed by atoms with Gasteiger partial charge in [0.1, 0.15) is 11.9 Å². The van der Waals surface area contributed by atoms with E-state index in [1.54, 1.807) is 18.5 Å². The smallest absolute Gasteiger partial charge is 0.281 e. The highest BCUT2D eigenvalue weighted by molar-refractivity contribution is 6.33. The van der Waals surface area contributed by atoms with E-state index in [0.29, 0.717) is 22.5 Å². The molecule has 1 aromatic carbocycles. The summed E-state index contributed by atoms with van der Waals surface area (Å²) in [6.45, 7) is 0. The lowest BCUT2D eigenvalue weighted by molar-refractivity contribution is -0.384. The highest BCUT2D eigenvalue weighted by atomic mass is 35.5. The van der Waals surface area contributed by atoms with Gasteiger partial charge >= 0.3 is 0 Å². The van der Waals surface area contributed by atoms with Gasteiger partial charge in [-0.2, -0.15) is 0 Å². The van der Waals surface area contributed by atoms with E-state index in [2.05, 4.69) is 10.2 Å². The first-order chi connectivity index (χ1) is 8.68. The fourth-order valence-electron chi connectivity index (χ4n) is 1.93. The molecule has 0 atom stereocenters. The number of hydrogen-bond donors (Lipinski definition) is 0. The summed E-state index contributed by atoms with van der Waals surface area (Å²) in [5.74, 6) is 0.467. The summed E-state index contributed by atoms with van der Waals surface area (Å²) in [6.07, 6.45) is 3.69. The molecule has 2 aromatic rings. The minimum Gasteiger partial charge on any atom is -0.310 e. The molecule has 18 heavy (non-hydrogen) atoms. The monoisotopic (exact) mass is 264 g/mol. The van der Waals surface area contributed by atoms with Crippen LogP contribution in [0.1, 0.15) is 18.9 Å². The molecule has 92 valence electrons. The number of hydrogen-bond acceptors (Lipinski definition) is 4. The third-order valence-electron chi connectivity index (χ3n) is 2.93. The van der Waals surface area contributed by atoms with Gasteiger partial charge in [-0.05, 0) is 18.9 Å². The maximum atomic E-state index is 11.1. The SMILES string of the molecule is O=[N+]([O-])c1cccc(Cl)c1-c1nncn1C1CC1. The molecule has 1 fully saturated rings. The molecule has 6 nitrogen and oxygen atoms in total. The number of nitrogens with zero attached hydrogens (tertiary/aromatic N) is 4. The van der Waals surface area contributed by atoms with E-state index in [1.165, 1.54) is 6.07 Å². The molecule has 1 aliphatic carbocycles. The van der Waals surface area contributed by atoms with Crippen molar-refractivity contribution in [1.82, 2.24) is 14.8 Å². The van der Waals surface area contributed by atoms with Crippen molar-refractivity contribution in [3.05, 3.63) is 39.7 Å². The minimum atomic E-state index is -0.451. The summed E-state index contributed by atoms with van der Waals surface area (Å²) in [5.41, 5.74) is 0.297. The fraction of sp³-hybridized carbons (Fsp3) is 0.273. The predicted molar refractivity (Wildman–Crippen MR) is 65.4 cm³/mol. The fourth-order valence-corrected chi connectivity index (χ4v) is 2.18. The second-order valence-corrected chi connectivity index (χ2v) is 4.59. The molecule has 1 heterocycles. The van der Waals surface area contributed by atoms with Crippen molar-refractivity contribution in [1.29, 1.82) is 0 Å². The van der Waals surface area contributed by atoms with Crippen LogP contribution in [0.25, 0.3) is 11.4 Å². The second kappa shape index (κ2) is 4.06. The first-order valence-corrected chi connectivity index (χ1v) is 5.89. The topological polar surface area (TPSA) is 73.8 Å². The van der Waals surface area contributed by atoms with Crippen LogP contribution in [-0.2, 0) is 0 Å². The quantitative estimate of drug-likeness (QED) is 0.631. The molecule has 0 radical (unpaired) electrons. The lowest BCUT2D eigenvalue weighted by atomic mass is 10.1. The zero-order chi connectivity index (χ0) is 12.7. The molecule has 1 saturated carbocycles. The first kappa shape index (κ1) is 11.2. The Labute approximate surface area is 107 Å². The molecule has 0 unspecified atom stereocenters. The van der Waals surface area contributed by atoms with Crippen molar-refractivity contribution in [3.8, 4) is 11.4 Å². The first-order valence-electron chi connectivity index (χ1n) is 5.51. The third kappa shape index (κ3) is 1.74. The predicted octanol–water partition coefficient (Wildman–Crippen LogP) is 2.84. The maximum absolute atomic E-state index is 11.1. The molecule has 3 rings (SSSR count). The number of rotatable bonds is 3. The molecular formula is C11H9ClN4O2. The summed E-state index contributed by atoms with van der Waals surface area (Å²) < 4.78 is 1.86. The van der Waals surface area contributed by atoms with E-state index < -0.39 is 4.92 Å². The zero-order valence-corrected chi connectivity index (χ0v) is 10.0. The Kier molecular flexibility index (Phi) is 2.52. The summed E-state index contributed by atoms with van der Waals surface area (Å²) in [6, 6.07) is 4.94. The Bertz CT molecular complexity index is 621. The van der Waals surface area contributed by atoms with Gasteiger partial charge in [-0.3, -0.25) is 10.1 Å². The van der Waals surface area contributed by atoms with Gasteiger partial charge in [0, 0.05) is 12.1 Å². The van der Waals surface area contributed by atoms with E-state index in [-0.39, 0.29) is 5.69 Å². The Hall–Kier alpha value is -1.95. The molecular weight excluding hydrogens is 256 g/mol. The van der Waals surface area contributed by atoms with Crippen LogP contribution in [-0.4, -0.2) is 19.7 Å². The van der Waals surface area contributed by atoms with E-state index >= 15 is 0 Å². The zero-order valence-electron chi connectivity index (χ0n) is 9.28. The van der Waals surface area contributed by atoms with Crippen LogP contribution < -0.4 is 0 Å². The summed E-state index contributed by atoms with van der Waals surface area (Å²) in [4.78, 5) is 10.6. The van der Waals surface area contributed by atoms with Crippen LogP contribution in [0, 0.1) is 10.1 Å². The van der Waals surface area contributed by atoms with Crippen LogP contribution in [0.4, 0.5) is 5.69 Å². The van der Waals surface area contributed by atoms with Crippen molar-refractivity contribution in [3.63, 3.8) is 0 Å². The lowest BCUT2D eigenvalue weighted by Gasteiger charge is -2.06. The average Bonchev–Trinajstić information content (AvgIpc) is 3.07. The highest BCUT2D eigenvalue weighted by Crippen LogP contribution is 2.41. The summed E-state index contributed by atoms with van der Waals surface area (Å²) in [5, 5.41) is 19.2. The molecule has 1 aromatic heterocycles. The van der Waals surface area contributed by atoms with Crippen LogP contribution in [0.5, 0.6) is 0 Å². The van der Waals surface area contributed by atoms with Gasteiger partial charge in [-0.25, -0.2) is 0 Å². The van der Waals surface area contributed by atoms with Gasteiger partial charge in [0.15, 0.2) is 5.82 Å². The van der Waals surface area contributed by atoms with E-state index in [9.17, 15) is 10.1 Å². The normalized spacial score (nSPS) is 14.7.